The number of nitrogens with zero attached hydrogens (tertiary/aromatic N) is 2. The molecule has 1 unspecified atom stereocenters. The smallest absolute Gasteiger partial charge is 0.246 e. The molecule has 114 valence electrons. The van der Waals surface area contributed by atoms with Crippen LogP contribution in [0.25, 0.3) is 0 Å². The molecule has 1 N–H and O–H groups in total. The zero-order valence-corrected chi connectivity index (χ0v) is 13.1. The molecular formula is C16H23N3O2. The second kappa shape index (κ2) is 7.57. The molecule has 0 fully saturated rings. The summed E-state index contributed by atoms with van der Waals surface area (Å²) in [5.41, 5.74) is 1.89. The van der Waals surface area contributed by atoms with E-state index >= 15 is 0 Å². The molecule has 0 spiro atoms. The van der Waals surface area contributed by atoms with Crippen molar-refractivity contribution in [2.45, 2.75) is 26.8 Å². The SMILES string of the molecule is C=CC(=O)N(C)CC(=O)NC(c1ncccc1C)C(C)C. The van der Waals surface area contributed by atoms with Crippen LogP contribution in [0.2, 0.25) is 0 Å². The van der Waals surface area contributed by atoms with Crippen LogP contribution in [0, 0.1) is 12.8 Å². The van der Waals surface area contributed by atoms with Gasteiger partial charge in [0, 0.05) is 13.2 Å². The Morgan fingerprint density at radius 1 is 1.48 bits per heavy atom. The van der Waals surface area contributed by atoms with Gasteiger partial charge in [-0.2, -0.15) is 0 Å². The third-order valence-electron chi connectivity index (χ3n) is 3.26. The van der Waals surface area contributed by atoms with Gasteiger partial charge in [-0.25, -0.2) is 0 Å². The van der Waals surface area contributed by atoms with E-state index in [4.69, 9.17) is 0 Å². The monoisotopic (exact) mass is 289 g/mol. The average Bonchev–Trinajstić information content (AvgIpc) is 2.44. The Morgan fingerprint density at radius 2 is 2.14 bits per heavy atom. The molecule has 1 rings (SSSR count). The number of hydrogen-bond acceptors (Lipinski definition) is 3. The number of rotatable bonds is 6. The van der Waals surface area contributed by atoms with Crippen molar-refractivity contribution in [2.75, 3.05) is 13.6 Å². The normalized spacial score (nSPS) is 11.9. The molecule has 1 aromatic rings. The van der Waals surface area contributed by atoms with E-state index in [9.17, 15) is 9.59 Å². The van der Waals surface area contributed by atoms with Crippen LogP contribution in [-0.2, 0) is 9.59 Å². The third-order valence-corrected chi connectivity index (χ3v) is 3.26. The quantitative estimate of drug-likeness (QED) is 0.813. The van der Waals surface area contributed by atoms with Crippen molar-refractivity contribution in [3.8, 4) is 0 Å². The van der Waals surface area contributed by atoms with Crippen molar-refractivity contribution in [2.24, 2.45) is 5.92 Å². The number of carbonyl (C=O) groups excluding carboxylic acids is 2. The Morgan fingerprint density at radius 3 is 2.67 bits per heavy atom. The molecule has 0 aliphatic heterocycles. The maximum Gasteiger partial charge on any atom is 0.246 e. The van der Waals surface area contributed by atoms with Crippen LogP contribution in [0.3, 0.4) is 0 Å². The maximum absolute atomic E-state index is 12.1. The van der Waals surface area contributed by atoms with Crippen LogP contribution in [0.5, 0.6) is 0 Å². The molecule has 5 heteroatoms. The number of aryl methyl sites for hydroxylation is 1. The van der Waals surface area contributed by atoms with Crippen LogP contribution < -0.4 is 5.32 Å². The molecule has 2 amide bonds. The standard InChI is InChI=1S/C16H23N3O2/c1-6-14(21)19(5)10-13(20)18-15(11(2)3)16-12(4)8-7-9-17-16/h6-9,11,15H,1,10H2,2-5H3,(H,18,20). The summed E-state index contributed by atoms with van der Waals surface area (Å²) in [7, 11) is 1.57. The van der Waals surface area contributed by atoms with Gasteiger partial charge in [-0.3, -0.25) is 14.6 Å². The third kappa shape index (κ3) is 4.70. The summed E-state index contributed by atoms with van der Waals surface area (Å²) in [6.07, 6.45) is 2.91. The van der Waals surface area contributed by atoms with Crippen molar-refractivity contribution in [3.63, 3.8) is 0 Å². The Hall–Kier alpha value is -2.17. The van der Waals surface area contributed by atoms with Gasteiger partial charge >= 0.3 is 0 Å². The van der Waals surface area contributed by atoms with Crippen molar-refractivity contribution in [3.05, 3.63) is 42.2 Å². The van der Waals surface area contributed by atoms with Gasteiger partial charge in [0.1, 0.15) is 0 Å². The number of likely N-dealkylation sites (N-methyl/N-ethyl adjacent to an activating group) is 1. The van der Waals surface area contributed by atoms with Crippen LogP contribution >= 0.6 is 0 Å². The van der Waals surface area contributed by atoms with Gasteiger partial charge < -0.3 is 10.2 Å². The average molecular weight is 289 g/mol. The van der Waals surface area contributed by atoms with Crippen LogP contribution in [0.1, 0.15) is 31.1 Å². The van der Waals surface area contributed by atoms with E-state index in [2.05, 4.69) is 16.9 Å². The van der Waals surface area contributed by atoms with Gasteiger partial charge in [-0.1, -0.05) is 26.5 Å². The first-order valence-electron chi connectivity index (χ1n) is 6.95. The summed E-state index contributed by atoms with van der Waals surface area (Å²) in [4.78, 5) is 29.2. The maximum atomic E-state index is 12.1. The number of hydrogen-bond donors (Lipinski definition) is 1. The van der Waals surface area contributed by atoms with Gasteiger partial charge in [-0.15, -0.1) is 0 Å². The number of pyridine rings is 1. The molecule has 0 saturated heterocycles. The highest BCUT2D eigenvalue weighted by atomic mass is 16.2. The molecule has 1 aromatic heterocycles. The molecule has 5 nitrogen and oxygen atoms in total. The summed E-state index contributed by atoms with van der Waals surface area (Å²) in [5, 5.41) is 2.95. The summed E-state index contributed by atoms with van der Waals surface area (Å²) >= 11 is 0. The molecule has 0 aliphatic rings. The van der Waals surface area contributed by atoms with Crippen LogP contribution in [0.4, 0.5) is 0 Å². The van der Waals surface area contributed by atoms with Crippen molar-refractivity contribution in [1.82, 2.24) is 15.2 Å². The lowest BCUT2D eigenvalue weighted by Gasteiger charge is -2.24. The Labute approximate surface area is 126 Å². The highest BCUT2D eigenvalue weighted by molar-refractivity contribution is 5.90. The van der Waals surface area contributed by atoms with Gasteiger partial charge in [0.05, 0.1) is 18.3 Å². The fraction of sp³-hybridized carbons (Fsp3) is 0.438. The molecule has 1 heterocycles. The fourth-order valence-electron chi connectivity index (χ4n) is 2.04. The molecule has 0 saturated carbocycles. The van der Waals surface area contributed by atoms with Crippen molar-refractivity contribution < 1.29 is 9.59 Å². The summed E-state index contributed by atoms with van der Waals surface area (Å²) < 4.78 is 0. The first-order valence-corrected chi connectivity index (χ1v) is 6.95. The predicted octanol–water partition coefficient (Wildman–Crippen LogP) is 1.85. The van der Waals surface area contributed by atoms with Crippen molar-refractivity contribution >= 4 is 11.8 Å². The number of carbonyl (C=O) groups is 2. The first-order chi connectivity index (χ1) is 9.86. The van der Waals surface area contributed by atoms with E-state index in [1.54, 1.807) is 13.2 Å². The van der Waals surface area contributed by atoms with Gasteiger partial charge in [0.15, 0.2) is 0 Å². The Balaban J connectivity index is 2.81. The van der Waals surface area contributed by atoms with Gasteiger partial charge in [-0.05, 0) is 30.5 Å². The zero-order valence-electron chi connectivity index (χ0n) is 13.1. The minimum Gasteiger partial charge on any atom is -0.346 e. The largest absolute Gasteiger partial charge is 0.346 e. The zero-order chi connectivity index (χ0) is 16.0. The first kappa shape index (κ1) is 16.9. The van der Waals surface area contributed by atoms with Crippen LogP contribution in [0.15, 0.2) is 31.0 Å². The lowest BCUT2D eigenvalue weighted by atomic mass is 9.97. The molecule has 0 bridgehead atoms. The van der Waals surface area contributed by atoms with E-state index < -0.39 is 0 Å². The summed E-state index contributed by atoms with van der Waals surface area (Å²) in [5.74, 6) is -0.292. The Kier molecular flexibility index (Phi) is 6.09. The topological polar surface area (TPSA) is 62.3 Å². The van der Waals surface area contributed by atoms with E-state index in [-0.39, 0.29) is 30.3 Å². The lowest BCUT2D eigenvalue weighted by Crippen LogP contribution is -2.41. The lowest BCUT2D eigenvalue weighted by molar-refractivity contribution is -0.131. The minimum absolute atomic E-state index is 0.0000451. The van der Waals surface area contributed by atoms with E-state index in [1.165, 1.54) is 11.0 Å². The van der Waals surface area contributed by atoms with Crippen LogP contribution in [-0.4, -0.2) is 35.3 Å². The molecule has 0 radical (unpaired) electrons. The van der Waals surface area contributed by atoms with Gasteiger partial charge in [0.25, 0.3) is 0 Å². The van der Waals surface area contributed by atoms with Gasteiger partial charge in [0.2, 0.25) is 11.8 Å². The highest BCUT2D eigenvalue weighted by Gasteiger charge is 2.22. The predicted molar refractivity (Wildman–Crippen MR) is 82.5 cm³/mol. The Bertz CT molecular complexity index is 526. The molecule has 0 aromatic carbocycles. The van der Waals surface area contributed by atoms with E-state index in [0.29, 0.717) is 0 Å². The van der Waals surface area contributed by atoms with Crippen molar-refractivity contribution in [1.29, 1.82) is 0 Å². The molecular weight excluding hydrogens is 266 g/mol. The minimum atomic E-state index is -0.278. The second-order valence-electron chi connectivity index (χ2n) is 5.39. The highest BCUT2D eigenvalue weighted by Crippen LogP contribution is 2.22. The summed E-state index contributed by atoms with van der Waals surface area (Å²) in [6.45, 7) is 9.42. The molecule has 1 atom stereocenters. The summed E-state index contributed by atoms with van der Waals surface area (Å²) in [6, 6.07) is 3.66. The molecule has 0 aliphatic carbocycles. The molecule has 21 heavy (non-hydrogen) atoms. The van der Waals surface area contributed by atoms with E-state index in [0.717, 1.165) is 11.3 Å². The second-order valence-corrected chi connectivity index (χ2v) is 5.39. The number of amides is 2. The fourth-order valence-corrected chi connectivity index (χ4v) is 2.04. The van der Waals surface area contributed by atoms with E-state index in [1.807, 2.05) is 32.9 Å². The number of nitrogens with one attached hydrogen (secondary N) is 1. The number of aromatic nitrogens is 1.